The van der Waals surface area contributed by atoms with Crippen molar-refractivity contribution in [3.63, 3.8) is 0 Å². The Morgan fingerprint density at radius 1 is 1.00 bits per heavy atom. The number of hydrogen-bond acceptors (Lipinski definition) is 4. The lowest BCUT2D eigenvalue weighted by Gasteiger charge is -2.32. The number of aryl methyl sites for hydroxylation is 1. The number of amides is 1. The number of fused-ring (bicyclic) bond motifs is 1. The van der Waals surface area contributed by atoms with E-state index in [1.807, 2.05) is 66.9 Å². The summed E-state index contributed by atoms with van der Waals surface area (Å²) in [5, 5.41) is 7.73. The van der Waals surface area contributed by atoms with Crippen molar-refractivity contribution >= 4 is 40.6 Å². The third kappa shape index (κ3) is 5.32. The minimum absolute atomic E-state index is 0.151. The normalized spacial score (nSPS) is 12.6. The standard InChI is InChI=1S/C29H26Cl2N4O/c1-19-9-10-25(30)14-24(19)18-35-12-11-32-28-27(35)15-23(17-33-28)20-6-4-7-21(13-20)29(36)34-16-22-5-2-3-8-26(22)31/h2-10,13-15,17H,11-12,16,18H2,1H3,(H,32,33)(H,34,36). The average molecular weight is 517 g/mol. The number of carbonyl (C=O) groups is 1. The SMILES string of the molecule is Cc1ccc(Cl)cc1CN1CCNc2ncc(-c3cccc(C(=O)NCc4ccccc4Cl)c3)cc21. The molecule has 36 heavy (non-hydrogen) atoms. The van der Waals surface area contributed by atoms with Crippen LogP contribution >= 0.6 is 23.2 Å². The van der Waals surface area contributed by atoms with Crippen LogP contribution in [-0.4, -0.2) is 24.0 Å². The molecule has 1 aliphatic rings. The van der Waals surface area contributed by atoms with Crippen LogP contribution in [0, 0.1) is 6.92 Å². The molecule has 0 fully saturated rings. The van der Waals surface area contributed by atoms with Gasteiger partial charge in [0.2, 0.25) is 0 Å². The second-order valence-corrected chi connectivity index (χ2v) is 9.71. The topological polar surface area (TPSA) is 57.3 Å². The maximum absolute atomic E-state index is 12.9. The zero-order chi connectivity index (χ0) is 25.1. The first-order valence-corrected chi connectivity index (χ1v) is 12.6. The van der Waals surface area contributed by atoms with Gasteiger partial charge in [-0.3, -0.25) is 4.79 Å². The van der Waals surface area contributed by atoms with Crippen LogP contribution in [0.5, 0.6) is 0 Å². The van der Waals surface area contributed by atoms with Crippen LogP contribution in [0.25, 0.3) is 11.1 Å². The number of benzene rings is 3. The predicted molar refractivity (Wildman–Crippen MR) is 148 cm³/mol. The number of hydrogen-bond donors (Lipinski definition) is 2. The van der Waals surface area contributed by atoms with E-state index in [-0.39, 0.29) is 5.91 Å². The van der Waals surface area contributed by atoms with Crippen molar-refractivity contribution in [2.45, 2.75) is 20.0 Å². The molecule has 1 aliphatic heterocycles. The minimum Gasteiger partial charge on any atom is -0.367 e. The summed E-state index contributed by atoms with van der Waals surface area (Å²) in [5.41, 5.74) is 6.78. The molecule has 7 heteroatoms. The molecule has 5 nitrogen and oxygen atoms in total. The zero-order valence-corrected chi connectivity index (χ0v) is 21.4. The number of nitrogens with zero attached hydrogens (tertiary/aromatic N) is 2. The Morgan fingerprint density at radius 2 is 1.86 bits per heavy atom. The largest absolute Gasteiger partial charge is 0.367 e. The van der Waals surface area contributed by atoms with E-state index < -0.39 is 0 Å². The highest BCUT2D eigenvalue weighted by molar-refractivity contribution is 6.31. The van der Waals surface area contributed by atoms with Crippen molar-refractivity contribution in [2.24, 2.45) is 0 Å². The van der Waals surface area contributed by atoms with Crippen molar-refractivity contribution in [1.29, 1.82) is 0 Å². The van der Waals surface area contributed by atoms with Crippen LogP contribution in [0.15, 0.2) is 79.0 Å². The number of pyridine rings is 1. The fraction of sp³-hybridized carbons (Fsp3) is 0.172. The number of halogens is 2. The molecule has 0 atom stereocenters. The van der Waals surface area contributed by atoms with E-state index in [2.05, 4.69) is 34.6 Å². The number of carbonyl (C=O) groups excluding carboxylic acids is 1. The highest BCUT2D eigenvalue weighted by Gasteiger charge is 2.20. The van der Waals surface area contributed by atoms with Gasteiger partial charge in [-0.2, -0.15) is 0 Å². The number of anilines is 2. The lowest BCUT2D eigenvalue weighted by atomic mass is 10.0. The molecule has 2 N–H and O–H groups in total. The van der Waals surface area contributed by atoms with Gasteiger partial charge in [-0.15, -0.1) is 0 Å². The summed E-state index contributed by atoms with van der Waals surface area (Å²) < 4.78 is 0. The summed E-state index contributed by atoms with van der Waals surface area (Å²) in [7, 11) is 0. The second-order valence-electron chi connectivity index (χ2n) is 8.87. The molecule has 4 aromatic rings. The predicted octanol–water partition coefficient (Wildman–Crippen LogP) is 6.73. The van der Waals surface area contributed by atoms with E-state index in [9.17, 15) is 4.79 Å². The molecule has 0 radical (unpaired) electrons. The Kier molecular flexibility index (Phi) is 7.12. The van der Waals surface area contributed by atoms with Crippen LogP contribution in [0.1, 0.15) is 27.0 Å². The van der Waals surface area contributed by atoms with Gasteiger partial charge in [0.05, 0.1) is 5.69 Å². The van der Waals surface area contributed by atoms with E-state index in [1.54, 1.807) is 0 Å². The molecule has 0 spiro atoms. The van der Waals surface area contributed by atoms with E-state index in [1.165, 1.54) is 11.1 Å². The Morgan fingerprint density at radius 3 is 2.72 bits per heavy atom. The fourth-order valence-electron chi connectivity index (χ4n) is 4.36. The second kappa shape index (κ2) is 10.6. The number of aromatic nitrogens is 1. The van der Waals surface area contributed by atoms with E-state index in [0.29, 0.717) is 17.1 Å². The maximum atomic E-state index is 12.9. The van der Waals surface area contributed by atoms with Gasteiger partial charge in [-0.1, -0.05) is 59.6 Å². The first-order valence-electron chi connectivity index (χ1n) is 11.8. The molecule has 1 amide bonds. The van der Waals surface area contributed by atoms with Gasteiger partial charge in [-0.25, -0.2) is 4.98 Å². The molecule has 0 saturated carbocycles. The molecular weight excluding hydrogens is 491 g/mol. The highest BCUT2D eigenvalue weighted by atomic mass is 35.5. The third-order valence-corrected chi connectivity index (χ3v) is 7.01. The first kappa shape index (κ1) is 24.2. The molecule has 2 heterocycles. The van der Waals surface area contributed by atoms with Crippen LogP contribution in [0.3, 0.4) is 0 Å². The summed E-state index contributed by atoms with van der Waals surface area (Å²) in [4.78, 5) is 19.9. The van der Waals surface area contributed by atoms with E-state index in [0.717, 1.165) is 52.9 Å². The van der Waals surface area contributed by atoms with Crippen molar-refractivity contribution in [3.05, 3.63) is 111 Å². The van der Waals surface area contributed by atoms with Gasteiger partial charge < -0.3 is 15.5 Å². The molecule has 0 bridgehead atoms. The summed E-state index contributed by atoms with van der Waals surface area (Å²) in [6.07, 6.45) is 1.85. The lowest BCUT2D eigenvalue weighted by molar-refractivity contribution is 0.0951. The van der Waals surface area contributed by atoms with Crippen LogP contribution in [0.4, 0.5) is 11.5 Å². The van der Waals surface area contributed by atoms with Gasteiger partial charge in [0, 0.05) is 53.5 Å². The van der Waals surface area contributed by atoms with E-state index in [4.69, 9.17) is 28.2 Å². The Bertz CT molecular complexity index is 1420. The van der Waals surface area contributed by atoms with Crippen LogP contribution in [-0.2, 0) is 13.1 Å². The fourth-order valence-corrected chi connectivity index (χ4v) is 4.75. The smallest absolute Gasteiger partial charge is 0.251 e. The molecular formula is C29H26Cl2N4O. The summed E-state index contributed by atoms with van der Waals surface area (Å²) in [5.74, 6) is 0.709. The highest BCUT2D eigenvalue weighted by Crippen LogP contribution is 2.33. The molecule has 0 unspecified atom stereocenters. The minimum atomic E-state index is -0.151. The molecule has 0 saturated heterocycles. The molecule has 1 aromatic heterocycles. The molecule has 0 aliphatic carbocycles. The van der Waals surface area contributed by atoms with Crippen molar-refractivity contribution in [3.8, 4) is 11.1 Å². The van der Waals surface area contributed by atoms with Crippen molar-refractivity contribution < 1.29 is 4.79 Å². The maximum Gasteiger partial charge on any atom is 0.251 e. The monoisotopic (exact) mass is 516 g/mol. The van der Waals surface area contributed by atoms with Crippen molar-refractivity contribution in [2.75, 3.05) is 23.3 Å². The quantitative estimate of drug-likeness (QED) is 0.298. The summed E-state index contributed by atoms with van der Waals surface area (Å²) >= 11 is 12.5. The number of rotatable bonds is 6. The first-order chi connectivity index (χ1) is 17.5. The van der Waals surface area contributed by atoms with Gasteiger partial charge in [0.1, 0.15) is 5.82 Å². The molecule has 3 aromatic carbocycles. The summed E-state index contributed by atoms with van der Waals surface area (Å²) in [6.45, 7) is 4.89. The Hall–Kier alpha value is -3.54. The van der Waals surface area contributed by atoms with Crippen LogP contribution in [0.2, 0.25) is 10.0 Å². The molecule has 5 rings (SSSR count). The van der Waals surface area contributed by atoms with E-state index >= 15 is 0 Å². The molecule has 182 valence electrons. The zero-order valence-electron chi connectivity index (χ0n) is 19.9. The van der Waals surface area contributed by atoms with Gasteiger partial charge in [0.25, 0.3) is 5.91 Å². The number of nitrogens with one attached hydrogen (secondary N) is 2. The Labute approximate surface area is 221 Å². The Balaban J connectivity index is 1.37. The lowest BCUT2D eigenvalue weighted by Crippen LogP contribution is -2.34. The third-order valence-electron chi connectivity index (χ3n) is 6.41. The van der Waals surface area contributed by atoms with Gasteiger partial charge in [-0.05, 0) is 65.6 Å². The van der Waals surface area contributed by atoms with Gasteiger partial charge >= 0.3 is 0 Å². The average Bonchev–Trinajstić information content (AvgIpc) is 2.90. The van der Waals surface area contributed by atoms with Crippen molar-refractivity contribution in [1.82, 2.24) is 10.3 Å². The van der Waals surface area contributed by atoms with Crippen LogP contribution < -0.4 is 15.5 Å². The van der Waals surface area contributed by atoms with Gasteiger partial charge in [0.15, 0.2) is 0 Å². The summed E-state index contributed by atoms with van der Waals surface area (Å²) in [6, 6.07) is 23.2.